The number of hydrogen-bond donors (Lipinski definition) is 0. The molecule has 1 aliphatic heterocycles. The van der Waals surface area contributed by atoms with Crippen molar-refractivity contribution in [2.45, 2.75) is 31.8 Å². The summed E-state index contributed by atoms with van der Waals surface area (Å²) in [6.07, 6.45) is 4.29. The van der Waals surface area contributed by atoms with Crippen LogP contribution in [0.2, 0.25) is 0 Å². The molecule has 0 bridgehead atoms. The SMILES string of the molecule is CC1(C)CC(c2ncccn2)c2cc(C#N)ccc2O1. The van der Waals surface area contributed by atoms with Gasteiger partial charge in [-0.15, -0.1) is 0 Å². The minimum Gasteiger partial charge on any atom is -0.488 e. The Bertz CT molecular complexity index is 674. The van der Waals surface area contributed by atoms with E-state index >= 15 is 0 Å². The topological polar surface area (TPSA) is 58.8 Å². The van der Waals surface area contributed by atoms with Gasteiger partial charge in [-0.1, -0.05) is 0 Å². The second-order valence-corrected chi connectivity index (χ2v) is 5.59. The van der Waals surface area contributed by atoms with Crippen molar-refractivity contribution in [2.24, 2.45) is 0 Å². The minimum absolute atomic E-state index is 0.0586. The minimum atomic E-state index is -0.273. The molecule has 100 valence electrons. The molecular formula is C16H15N3O. The number of aromatic nitrogens is 2. The van der Waals surface area contributed by atoms with E-state index in [0.29, 0.717) is 5.56 Å². The molecule has 1 aromatic heterocycles. The largest absolute Gasteiger partial charge is 0.488 e. The third-order valence-electron chi connectivity index (χ3n) is 3.49. The Morgan fingerprint density at radius 3 is 2.75 bits per heavy atom. The summed E-state index contributed by atoms with van der Waals surface area (Å²) in [5, 5.41) is 9.08. The van der Waals surface area contributed by atoms with Gasteiger partial charge >= 0.3 is 0 Å². The average Bonchev–Trinajstić information content (AvgIpc) is 2.46. The first-order chi connectivity index (χ1) is 9.59. The van der Waals surface area contributed by atoms with Crippen LogP contribution < -0.4 is 4.74 Å². The summed E-state index contributed by atoms with van der Waals surface area (Å²) in [5.41, 5.74) is 1.35. The fourth-order valence-electron chi connectivity index (χ4n) is 2.65. The monoisotopic (exact) mass is 265 g/mol. The molecule has 0 radical (unpaired) electrons. The molecule has 1 atom stereocenters. The fraction of sp³-hybridized carbons (Fsp3) is 0.312. The Balaban J connectivity index is 2.14. The number of ether oxygens (including phenoxy) is 1. The second-order valence-electron chi connectivity index (χ2n) is 5.59. The van der Waals surface area contributed by atoms with Crippen LogP contribution in [0.1, 0.15) is 43.1 Å². The lowest BCUT2D eigenvalue weighted by Gasteiger charge is -2.37. The molecule has 20 heavy (non-hydrogen) atoms. The van der Waals surface area contributed by atoms with Gasteiger partial charge in [0.1, 0.15) is 17.2 Å². The summed E-state index contributed by atoms with van der Waals surface area (Å²) in [5.74, 6) is 1.65. The molecule has 2 heterocycles. The number of rotatable bonds is 1. The molecular weight excluding hydrogens is 250 g/mol. The highest BCUT2D eigenvalue weighted by atomic mass is 16.5. The zero-order valence-electron chi connectivity index (χ0n) is 11.5. The van der Waals surface area contributed by atoms with Crippen LogP contribution in [0.3, 0.4) is 0 Å². The van der Waals surface area contributed by atoms with Gasteiger partial charge in [-0.25, -0.2) is 9.97 Å². The van der Waals surface area contributed by atoms with E-state index in [2.05, 4.69) is 29.9 Å². The molecule has 4 heteroatoms. The van der Waals surface area contributed by atoms with Crippen LogP contribution >= 0.6 is 0 Å². The highest BCUT2D eigenvalue weighted by Crippen LogP contribution is 2.43. The molecule has 4 nitrogen and oxygen atoms in total. The Kier molecular flexibility index (Phi) is 2.90. The van der Waals surface area contributed by atoms with Crippen molar-refractivity contribution < 1.29 is 4.74 Å². The lowest BCUT2D eigenvalue weighted by molar-refractivity contribution is 0.0763. The van der Waals surface area contributed by atoms with Crippen molar-refractivity contribution in [3.63, 3.8) is 0 Å². The van der Waals surface area contributed by atoms with Crippen LogP contribution in [0.25, 0.3) is 0 Å². The van der Waals surface area contributed by atoms with Crippen molar-refractivity contribution in [3.8, 4) is 11.8 Å². The third kappa shape index (κ3) is 2.23. The summed E-state index contributed by atoms with van der Waals surface area (Å²) in [7, 11) is 0. The first-order valence-corrected chi connectivity index (χ1v) is 6.59. The van der Waals surface area contributed by atoms with Crippen LogP contribution in [0.5, 0.6) is 5.75 Å². The summed E-state index contributed by atoms with van der Waals surface area (Å²) in [4.78, 5) is 8.75. The Hall–Kier alpha value is -2.41. The molecule has 0 saturated carbocycles. The van der Waals surface area contributed by atoms with Crippen LogP contribution in [0.15, 0.2) is 36.7 Å². The van der Waals surface area contributed by atoms with E-state index in [1.807, 2.05) is 12.1 Å². The number of nitriles is 1. The summed E-state index contributed by atoms with van der Waals surface area (Å²) in [6, 6.07) is 9.51. The summed E-state index contributed by atoms with van der Waals surface area (Å²) in [6.45, 7) is 4.12. The van der Waals surface area contributed by atoms with Gasteiger partial charge in [0, 0.05) is 24.4 Å². The molecule has 0 fully saturated rings. The lowest BCUT2D eigenvalue weighted by Crippen LogP contribution is -2.35. The van der Waals surface area contributed by atoms with E-state index in [4.69, 9.17) is 10.00 Å². The third-order valence-corrected chi connectivity index (χ3v) is 3.49. The molecule has 3 rings (SSSR count). The lowest BCUT2D eigenvalue weighted by atomic mass is 9.83. The van der Waals surface area contributed by atoms with E-state index in [1.165, 1.54) is 0 Å². The van der Waals surface area contributed by atoms with E-state index in [1.54, 1.807) is 24.5 Å². The molecule has 0 amide bonds. The maximum atomic E-state index is 9.08. The standard InChI is InChI=1S/C16H15N3O/c1-16(2)9-13(15-18-6-3-7-19-15)12-8-11(10-17)4-5-14(12)20-16/h3-8,13H,9H2,1-2H3. The van der Waals surface area contributed by atoms with Gasteiger partial charge in [-0.3, -0.25) is 0 Å². The van der Waals surface area contributed by atoms with Gasteiger partial charge < -0.3 is 4.74 Å². The Morgan fingerprint density at radius 2 is 2.05 bits per heavy atom. The van der Waals surface area contributed by atoms with Crippen LogP contribution in [0.4, 0.5) is 0 Å². The molecule has 1 unspecified atom stereocenters. The molecule has 0 saturated heterocycles. The van der Waals surface area contributed by atoms with Gasteiger partial charge in [0.15, 0.2) is 0 Å². The maximum Gasteiger partial charge on any atom is 0.135 e. The molecule has 0 aliphatic carbocycles. The van der Waals surface area contributed by atoms with Crippen molar-refractivity contribution in [1.29, 1.82) is 5.26 Å². The Labute approximate surface area is 118 Å². The van der Waals surface area contributed by atoms with E-state index < -0.39 is 0 Å². The van der Waals surface area contributed by atoms with E-state index in [-0.39, 0.29) is 11.5 Å². The zero-order valence-corrected chi connectivity index (χ0v) is 11.5. The smallest absolute Gasteiger partial charge is 0.135 e. The maximum absolute atomic E-state index is 9.08. The van der Waals surface area contributed by atoms with Crippen molar-refractivity contribution in [3.05, 3.63) is 53.6 Å². The van der Waals surface area contributed by atoms with Crippen LogP contribution in [-0.2, 0) is 0 Å². The number of nitrogens with zero attached hydrogens (tertiary/aromatic N) is 3. The summed E-state index contributed by atoms with van der Waals surface area (Å²) >= 11 is 0. The quantitative estimate of drug-likeness (QED) is 0.795. The van der Waals surface area contributed by atoms with Gasteiger partial charge in [0.2, 0.25) is 0 Å². The average molecular weight is 265 g/mol. The normalized spacial score (nSPS) is 19.6. The number of fused-ring (bicyclic) bond motifs is 1. The molecule has 2 aromatic rings. The van der Waals surface area contributed by atoms with Crippen molar-refractivity contribution in [1.82, 2.24) is 9.97 Å². The zero-order chi connectivity index (χ0) is 14.2. The van der Waals surface area contributed by atoms with Crippen LogP contribution in [0, 0.1) is 11.3 Å². The predicted octanol–water partition coefficient (Wildman–Crippen LogP) is 3.04. The highest BCUT2D eigenvalue weighted by Gasteiger charge is 2.36. The van der Waals surface area contributed by atoms with Gasteiger partial charge in [-0.2, -0.15) is 5.26 Å². The van der Waals surface area contributed by atoms with E-state index in [9.17, 15) is 0 Å². The van der Waals surface area contributed by atoms with Gasteiger partial charge in [-0.05, 0) is 38.1 Å². The highest BCUT2D eigenvalue weighted by molar-refractivity contribution is 5.47. The first kappa shape index (κ1) is 12.6. The van der Waals surface area contributed by atoms with Crippen molar-refractivity contribution >= 4 is 0 Å². The van der Waals surface area contributed by atoms with Crippen LogP contribution in [-0.4, -0.2) is 15.6 Å². The Morgan fingerprint density at radius 1 is 1.30 bits per heavy atom. The number of hydrogen-bond acceptors (Lipinski definition) is 4. The molecule has 1 aliphatic rings. The molecule has 0 N–H and O–H groups in total. The summed E-state index contributed by atoms with van der Waals surface area (Å²) < 4.78 is 6.01. The fourth-order valence-corrected chi connectivity index (χ4v) is 2.65. The van der Waals surface area contributed by atoms with Crippen molar-refractivity contribution in [2.75, 3.05) is 0 Å². The van der Waals surface area contributed by atoms with Gasteiger partial charge in [0.05, 0.1) is 17.6 Å². The van der Waals surface area contributed by atoms with Gasteiger partial charge in [0.25, 0.3) is 0 Å². The number of benzene rings is 1. The van der Waals surface area contributed by atoms with E-state index in [0.717, 1.165) is 23.6 Å². The first-order valence-electron chi connectivity index (χ1n) is 6.59. The predicted molar refractivity (Wildman–Crippen MR) is 74.4 cm³/mol. The second kappa shape index (κ2) is 4.61. The molecule has 1 aromatic carbocycles. The molecule has 0 spiro atoms.